The summed E-state index contributed by atoms with van der Waals surface area (Å²) >= 11 is 0. The van der Waals surface area contributed by atoms with E-state index in [1.54, 1.807) is 11.7 Å². The van der Waals surface area contributed by atoms with Gasteiger partial charge in [-0.1, -0.05) is 23.3 Å². The van der Waals surface area contributed by atoms with Crippen molar-refractivity contribution >= 4 is 11.9 Å². The lowest BCUT2D eigenvalue weighted by Gasteiger charge is -2.31. The highest BCUT2D eigenvalue weighted by atomic mass is 16.1. The summed E-state index contributed by atoms with van der Waals surface area (Å²) in [6, 6.07) is 9.81. The second-order valence-electron chi connectivity index (χ2n) is 5.10. The van der Waals surface area contributed by atoms with Crippen LogP contribution in [0.15, 0.2) is 30.3 Å². The normalized spacial score (nSPS) is 16.0. The van der Waals surface area contributed by atoms with Crippen LogP contribution >= 0.6 is 0 Å². The predicted molar refractivity (Wildman–Crippen MR) is 78.2 cm³/mol. The van der Waals surface area contributed by atoms with Crippen molar-refractivity contribution in [1.82, 2.24) is 25.5 Å². The van der Waals surface area contributed by atoms with E-state index < -0.39 is 0 Å². The standard InChI is InChI=1S/C14H18N6O/c1-15-13(21)11-7-9-19(10-8-11)14-16-17-18-20(14)12-5-3-2-4-6-12/h2-6,11H,7-10H2,1H3,(H,15,21). The van der Waals surface area contributed by atoms with Gasteiger partial charge in [0.15, 0.2) is 0 Å². The van der Waals surface area contributed by atoms with Crippen LogP contribution in [-0.4, -0.2) is 46.3 Å². The summed E-state index contributed by atoms with van der Waals surface area (Å²) in [6.07, 6.45) is 1.64. The number of nitrogens with zero attached hydrogens (tertiary/aromatic N) is 5. The molecule has 0 bridgehead atoms. The van der Waals surface area contributed by atoms with Gasteiger partial charge in [-0.15, -0.1) is 0 Å². The quantitative estimate of drug-likeness (QED) is 0.895. The van der Waals surface area contributed by atoms with E-state index in [9.17, 15) is 4.79 Å². The van der Waals surface area contributed by atoms with Crippen LogP contribution in [0.1, 0.15) is 12.8 Å². The molecule has 1 aromatic carbocycles. The van der Waals surface area contributed by atoms with Gasteiger partial charge in [-0.05, 0) is 35.4 Å². The number of hydrogen-bond acceptors (Lipinski definition) is 5. The molecule has 1 aliphatic heterocycles. The molecule has 7 nitrogen and oxygen atoms in total. The van der Waals surface area contributed by atoms with Gasteiger partial charge in [0.25, 0.3) is 0 Å². The number of hydrogen-bond donors (Lipinski definition) is 1. The first-order valence-corrected chi connectivity index (χ1v) is 7.10. The number of carbonyl (C=O) groups excluding carboxylic acids is 1. The Balaban J connectivity index is 1.75. The van der Waals surface area contributed by atoms with E-state index in [1.165, 1.54) is 0 Å². The third-order valence-corrected chi connectivity index (χ3v) is 3.85. The fourth-order valence-electron chi connectivity index (χ4n) is 2.66. The van der Waals surface area contributed by atoms with E-state index in [4.69, 9.17) is 0 Å². The number of nitrogens with one attached hydrogen (secondary N) is 1. The van der Waals surface area contributed by atoms with Gasteiger partial charge in [0.1, 0.15) is 0 Å². The van der Waals surface area contributed by atoms with Crippen LogP contribution < -0.4 is 10.2 Å². The highest BCUT2D eigenvalue weighted by Gasteiger charge is 2.27. The lowest BCUT2D eigenvalue weighted by atomic mass is 9.96. The predicted octanol–water partition coefficient (Wildman–Crippen LogP) is 0.625. The molecule has 2 heterocycles. The van der Waals surface area contributed by atoms with Crippen molar-refractivity contribution < 1.29 is 4.79 Å². The number of aromatic nitrogens is 4. The Hall–Kier alpha value is -2.44. The zero-order valence-corrected chi connectivity index (χ0v) is 11.9. The lowest BCUT2D eigenvalue weighted by Crippen LogP contribution is -2.40. The summed E-state index contributed by atoms with van der Waals surface area (Å²) in [5, 5.41) is 14.7. The number of amides is 1. The summed E-state index contributed by atoms with van der Waals surface area (Å²) in [5.41, 5.74) is 0.936. The Bertz CT molecular complexity index is 603. The molecule has 0 saturated carbocycles. The fourth-order valence-corrected chi connectivity index (χ4v) is 2.66. The van der Waals surface area contributed by atoms with E-state index in [0.29, 0.717) is 0 Å². The number of benzene rings is 1. The van der Waals surface area contributed by atoms with Crippen LogP contribution in [0.2, 0.25) is 0 Å². The first-order chi connectivity index (χ1) is 10.3. The number of anilines is 1. The fraction of sp³-hybridized carbons (Fsp3) is 0.429. The van der Waals surface area contributed by atoms with Crippen molar-refractivity contribution in [2.24, 2.45) is 5.92 Å². The van der Waals surface area contributed by atoms with Gasteiger partial charge in [-0.25, -0.2) is 0 Å². The molecule has 1 amide bonds. The Morgan fingerprint density at radius 3 is 2.62 bits per heavy atom. The van der Waals surface area contributed by atoms with Crippen LogP contribution in [-0.2, 0) is 4.79 Å². The largest absolute Gasteiger partial charge is 0.359 e. The van der Waals surface area contributed by atoms with E-state index >= 15 is 0 Å². The Kier molecular flexibility index (Phi) is 3.81. The number of tetrazole rings is 1. The molecule has 0 spiro atoms. The maximum absolute atomic E-state index is 11.7. The van der Waals surface area contributed by atoms with Gasteiger partial charge >= 0.3 is 0 Å². The molecule has 0 unspecified atom stereocenters. The average Bonchev–Trinajstić information content (AvgIpc) is 3.04. The van der Waals surface area contributed by atoms with Crippen LogP contribution in [0.25, 0.3) is 5.69 Å². The zero-order chi connectivity index (χ0) is 14.7. The Morgan fingerprint density at radius 2 is 1.95 bits per heavy atom. The molecule has 1 N–H and O–H groups in total. The molecule has 0 atom stereocenters. The second-order valence-corrected chi connectivity index (χ2v) is 5.10. The number of piperidine rings is 1. The molecule has 110 valence electrons. The molecule has 7 heteroatoms. The highest BCUT2D eigenvalue weighted by Crippen LogP contribution is 2.23. The van der Waals surface area contributed by atoms with Gasteiger partial charge in [-0.2, -0.15) is 4.68 Å². The molecule has 1 aliphatic rings. The minimum Gasteiger partial charge on any atom is -0.359 e. The number of para-hydroxylation sites is 1. The maximum Gasteiger partial charge on any atom is 0.250 e. The van der Waals surface area contributed by atoms with Gasteiger partial charge in [0, 0.05) is 26.1 Å². The molecule has 3 rings (SSSR count). The third-order valence-electron chi connectivity index (χ3n) is 3.85. The molecule has 0 radical (unpaired) electrons. The molecule has 21 heavy (non-hydrogen) atoms. The van der Waals surface area contributed by atoms with Crippen LogP contribution in [0.5, 0.6) is 0 Å². The first kappa shape index (κ1) is 13.5. The minimum atomic E-state index is 0.0901. The maximum atomic E-state index is 11.7. The van der Waals surface area contributed by atoms with Gasteiger partial charge < -0.3 is 10.2 Å². The monoisotopic (exact) mass is 286 g/mol. The molecule has 1 fully saturated rings. The van der Waals surface area contributed by atoms with Gasteiger partial charge in [0.2, 0.25) is 11.9 Å². The molecular weight excluding hydrogens is 268 g/mol. The molecule has 2 aromatic rings. The zero-order valence-electron chi connectivity index (χ0n) is 11.9. The summed E-state index contributed by atoms with van der Waals surface area (Å²) in [4.78, 5) is 13.8. The Morgan fingerprint density at radius 1 is 1.24 bits per heavy atom. The summed E-state index contributed by atoms with van der Waals surface area (Å²) < 4.78 is 1.74. The average molecular weight is 286 g/mol. The molecule has 1 saturated heterocycles. The Labute approximate surface area is 122 Å². The van der Waals surface area contributed by atoms with Gasteiger partial charge in [-0.3, -0.25) is 4.79 Å². The first-order valence-electron chi connectivity index (χ1n) is 7.10. The smallest absolute Gasteiger partial charge is 0.250 e. The topological polar surface area (TPSA) is 75.9 Å². The van der Waals surface area contributed by atoms with Crippen LogP contribution in [0.4, 0.5) is 5.95 Å². The minimum absolute atomic E-state index is 0.0901. The van der Waals surface area contributed by atoms with Crippen LogP contribution in [0.3, 0.4) is 0 Å². The van der Waals surface area contributed by atoms with E-state index in [0.717, 1.165) is 37.6 Å². The van der Waals surface area contributed by atoms with E-state index in [-0.39, 0.29) is 11.8 Å². The lowest BCUT2D eigenvalue weighted by molar-refractivity contribution is -0.125. The number of carbonyl (C=O) groups is 1. The van der Waals surface area contributed by atoms with Crippen molar-refractivity contribution in [3.63, 3.8) is 0 Å². The van der Waals surface area contributed by atoms with Crippen molar-refractivity contribution in [2.75, 3.05) is 25.0 Å². The number of rotatable bonds is 3. The highest BCUT2D eigenvalue weighted by molar-refractivity contribution is 5.78. The third kappa shape index (κ3) is 2.72. The van der Waals surface area contributed by atoms with Crippen molar-refractivity contribution in [3.05, 3.63) is 30.3 Å². The summed E-state index contributed by atoms with van der Waals surface area (Å²) in [5.74, 6) is 0.946. The summed E-state index contributed by atoms with van der Waals surface area (Å²) in [7, 11) is 1.69. The molecular formula is C14H18N6O. The second kappa shape index (κ2) is 5.90. The SMILES string of the molecule is CNC(=O)C1CCN(c2nnnn2-c2ccccc2)CC1. The van der Waals surface area contributed by atoms with Crippen LogP contribution in [0, 0.1) is 5.92 Å². The van der Waals surface area contributed by atoms with Crippen molar-refractivity contribution in [1.29, 1.82) is 0 Å². The summed E-state index contributed by atoms with van der Waals surface area (Å²) in [6.45, 7) is 1.57. The van der Waals surface area contributed by atoms with E-state index in [2.05, 4.69) is 25.7 Å². The van der Waals surface area contributed by atoms with Crippen molar-refractivity contribution in [2.45, 2.75) is 12.8 Å². The molecule has 0 aliphatic carbocycles. The van der Waals surface area contributed by atoms with Crippen molar-refractivity contribution in [3.8, 4) is 5.69 Å². The van der Waals surface area contributed by atoms with E-state index in [1.807, 2.05) is 30.3 Å². The van der Waals surface area contributed by atoms with Gasteiger partial charge in [0.05, 0.1) is 5.69 Å². The molecule has 1 aromatic heterocycles.